The lowest BCUT2D eigenvalue weighted by Gasteiger charge is -2.41. The number of methoxy groups -OCH3 is 2. The van der Waals surface area contributed by atoms with Crippen molar-refractivity contribution >= 4 is 29.6 Å². The van der Waals surface area contributed by atoms with Gasteiger partial charge in [0.2, 0.25) is 35.4 Å². The van der Waals surface area contributed by atoms with Gasteiger partial charge in [-0.05, 0) is 69.5 Å². The second-order valence-corrected chi connectivity index (χ2v) is 18.8. The molecular formula is C49H80N6O11. The molecule has 0 bridgehead atoms. The van der Waals surface area contributed by atoms with Crippen LogP contribution < -0.4 is 15.5 Å². The third kappa shape index (κ3) is 14.9. The van der Waals surface area contributed by atoms with Crippen molar-refractivity contribution in [2.45, 2.75) is 155 Å². The molecule has 1 fully saturated rings. The van der Waals surface area contributed by atoms with Gasteiger partial charge in [-0.2, -0.15) is 0 Å². The molecule has 66 heavy (non-hydrogen) atoms. The van der Waals surface area contributed by atoms with Crippen molar-refractivity contribution in [1.29, 1.82) is 0 Å². The number of carbonyl (C=O) groups is 5. The van der Waals surface area contributed by atoms with E-state index < -0.39 is 54.4 Å². The van der Waals surface area contributed by atoms with Crippen LogP contribution in [0, 0.1) is 23.7 Å². The Labute approximate surface area is 392 Å². The molecule has 1 aliphatic rings. The molecule has 0 saturated carbocycles. The smallest absolute Gasteiger partial charge is 0.333 e. The van der Waals surface area contributed by atoms with Gasteiger partial charge >= 0.3 is 5.97 Å². The van der Waals surface area contributed by atoms with E-state index in [1.54, 1.807) is 57.0 Å². The van der Waals surface area contributed by atoms with E-state index >= 15 is 0 Å². The summed E-state index contributed by atoms with van der Waals surface area (Å²) in [5.41, 5.74) is 0.693. The van der Waals surface area contributed by atoms with Gasteiger partial charge in [0, 0.05) is 46.4 Å². The van der Waals surface area contributed by atoms with Crippen LogP contribution in [0.1, 0.15) is 118 Å². The molecule has 17 nitrogen and oxygen atoms in total. The predicted octanol–water partition coefficient (Wildman–Crippen LogP) is 4.67. The monoisotopic (exact) mass is 929 g/mol. The van der Waals surface area contributed by atoms with Crippen LogP contribution in [0.2, 0.25) is 0 Å². The maximum atomic E-state index is 14.6. The lowest BCUT2D eigenvalue weighted by molar-refractivity contribution is -0.148. The van der Waals surface area contributed by atoms with Crippen molar-refractivity contribution in [2.24, 2.45) is 23.7 Å². The first-order valence-electron chi connectivity index (χ1n) is 23.7. The highest BCUT2D eigenvalue weighted by Gasteiger charge is 2.43. The van der Waals surface area contributed by atoms with Gasteiger partial charge in [0.1, 0.15) is 6.04 Å². The van der Waals surface area contributed by atoms with Crippen molar-refractivity contribution in [1.82, 2.24) is 30.1 Å². The number of amides is 4. The fourth-order valence-corrected chi connectivity index (χ4v) is 9.25. The Morgan fingerprint density at radius 1 is 0.833 bits per heavy atom. The molecule has 372 valence electrons. The van der Waals surface area contributed by atoms with E-state index in [0.29, 0.717) is 55.5 Å². The zero-order valence-electron chi connectivity index (χ0n) is 41.4. The minimum absolute atomic E-state index is 0.0165. The molecule has 1 saturated heterocycles. The largest absolute Gasteiger partial charge is 0.492 e. The summed E-state index contributed by atoms with van der Waals surface area (Å²) in [5.74, 6) is -3.48. The van der Waals surface area contributed by atoms with Gasteiger partial charge in [-0.15, -0.1) is 4.73 Å². The van der Waals surface area contributed by atoms with Crippen LogP contribution in [0.4, 0.5) is 0 Å². The molecule has 1 aromatic heterocycles. The summed E-state index contributed by atoms with van der Waals surface area (Å²) in [6.45, 7) is 16.3. The van der Waals surface area contributed by atoms with Crippen LogP contribution in [0.5, 0.6) is 11.8 Å². The van der Waals surface area contributed by atoms with Crippen molar-refractivity contribution in [3.8, 4) is 11.8 Å². The number of ether oxygens (including phenoxy) is 2. The van der Waals surface area contributed by atoms with Gasteiger partial charge in [-0.25, -0.2) is 4.79 Å². The average Bonchev–Trinajstić information content (AvgIpc) is 3.90. The zero-order chi connectivity index (χ0) is 49.4. The fraction of sp³-hybridized carbons (Fsp3) is 0.694. The highest BCUT2D eigenvalue weighted by Crippen LogP contribution is 2.30. The number of aliphatic hydroxyl groups is 1. The fourth-order valence-electron chi connectivity index (χ4n) is 9.25. The van der Waals surface area contributed by atoms with Crippen LogP contribution in [-0.2, 0) is 33.4 Å². The molecule has 17 heteroatoms. The van der Waals surface area contributed by atoms with E-state index in [2.05, 4.69) is 10.6 Å². The van der Waals surface area contributed by atoms with E-state index in [0.717, 1.165) is 6.42 Å². The number of nitrogens with zero attached hydrogens (tertiary/aromatic N) is 4. The standard InChI is InChI=1S/C49H80N6O11/c1-13-32(6)44(37(64-11)29-40(58)54-28-20-23-36(54)46(65-12)33(7)47(61)50-34(8)45(60)35-21-16-14-17-22-35)53(10)49(63)42(30(2)3)51-48(62)43(31(4)5)52(9)27-19-15-18-24-41(59)66-55-38(56)25-26-39(55)57/h14,16-17,21-22,25-26,30-34,36-37,42-46,56-57,60H,13,15,18-20,23-24,27-29H2,1-12H3,(H,50,61)(H,51,62). The van der Waals surface area contributed by atoms with Gasteiger partial charge < -0.3 is 50.1 Å². The Balaban J connectivity index is 1.67. The molecule has 2 heterocycles. The Kier molecular flexibility index (Phi) is 22.4. The number of hydrogen-bond acceptors (Lipinski definition) is 12. The number of likely N-dealkylation sites (tertiary alicyclic amines) is 1. The Morgan fingerprint density at radius 2 is 1.47 bits per heavy atom. The van der Waals surface area contributed by atoms with Crippen LogP contribution in [-0.4, -0.2) is 148 Å². The molecule has 0 aliphatic carbocycles. The molecule has 10 unspecified atom stereocenters. The van der Waals surface area contributed by atoms with Crippen LogP contribution in [0.15, 0.2) is 42.5 Å². The highest BCUT2D eigenvalue weighted by atomic mass is 16.7. The molecule has 5 N–H and O–H groups in total. The van der Waals surface area contributed by atoms with Gasteiger partial charge in [-0.1, -0.05) is 91.6 Å². The average molecular weight is 929 g/mol. The number of unbranched alkanes of at least 4 members (excludes halogenated alkanes) is 2. The van der Waals surface area contributed by atoms with E-state index in [9.17, 15) is 39.3 Å². The second kappa shape index (κ2) is 26.6. The third-order valence-corrected chi connectivity index (χ3v) is 13.2. The molecule has 2 aromatic rings. The summed E-state index contributed by atoms with van der Waals surface area (Å²) in [6, 6.07) is 8.68. The summed E-state index contributed by atoms with van der Waals surface area (Å²) in [5, 5.41) is 36.3. The predicted molar refractivity (Wildman–Crippen MR) is 251 cm³/mol. The van der Waals surface area contributed by atoms with Crippen molar-refractivity contribution in [3.63, 3.8) is 0 Å². The number of hydrogen-bond donors (Lipinski definition) is 5. The van der Waals surface area contributed by atoms with Crippen LogP contribution in [0.3, 0.4) is 0 Å². The normalized spacial score (nSPS) is 18.2. The molecule has 3 rings (SSSR count). The summed E-state index contributed by atoms with van der Waals surface area (Å²) >= 11 is 0. The quantitative estimate of drug-likeness (QED) is 0.0774. The van der Waals surface area contributed by atoms with Gasteiger partial charge in [0.15, 0.2) is 0 Å². The Bertz CT molecular complexity index is 1820. The molecular weight excluding hydrogens is 849 g/mol. The zero-order valence-corrected chi connectivity index (χ0v) is 41.4. The first kappa shape index (κ1) is 55.6. The van der Waals surface area contributed by atoms with Crippen molar-refractivity contribution in [3.05, 3.63) is 48.0 Å². The number of likely N-dealkylation sites (N-methyl/N-ethyl adjacent to an activating group) is 2. The topological polar surface area (TPSA) is 212 Å². The summed E-state index contributed by atoms with van der Waals surface area (Å²) in [4.78, 5) is 79.2. The van der Waals surface area contributed by atoms with E-state index in [4.69, 9.17) is 14.3 Å². The SMILES string of the molecule is CCC(C)C(C(CC(=O)N1CCCC1C(OC)C(C)C(=O)NC(C)C(O)c1ccccc1)OC)N(C)C(=O)C(NC(=O)C(C(C)C)N(C)CCCCCC(=O)On1c(O)ccc1O)C(C)C. The van der Waals surface area contributed by atoms with E-state index in [-0.39, 0.29) is 72.0 Å². The van der Waals surface area contributed by atoms with E-state index in [1.807, 2.05) is 71.7 Å². The molecule has 1 aromatic carbocycles. The number of benzene rings is 1. The first-order chi connectivity index (χ1) is 31.2. The van der Waals surface area contributed by atoms with Crippen molar-refractivity contribution in [2.75, 3.05) is 41.4 Å². The molecule has 4 amide bonds. The third-order valence-electron chi connectivity index (χ3n) is 13.2. The van der Waals surface area contributed by atoms with Gasteiger partial charge in [-0.3, -0.25) is 24.1 Å². The lowest BCUT2D eigenvalue weighted by Crippen LogP contribution is -2.60. The lowest BCUT2D eigenvalue weighted by atomic mass is 9.89. The molecule has 1 aliphatic heterocycles. The number of nitrogens with one attached hydrogen (secondary N) is 2. The van der Waals surface area contributed by atoms with Crippen LogP contribution in [0.25, 0.3) is 0 Å². The van der Waals surface area contributed by atoms with Crippen LogP contribution >= 0.6 is 0 Å². The minimum atomic E-state index is -0.902. The van der Waals surface area contributed by atoms with Gasteiger partial charge in [0.05, 0.1) is 54.8 Å². The summed E-state index contributed by atoms with van der Waals surface area (Å²) < 4.78 is 12.7. The maximum absolute atomic E-state index is 14.6. The van der Waals surface area contributed by atoms with Crippen molar-refractivity contribution < 1.29 is 53.6 Å². The molecule has 0 spiro atoms. The summed E-state index contributed by atoms with van der Waals surface area (Å²) in [6.07, 6.45) is 1.77. The molecule has 10 atom stereocenters. The second-order valence-electron chi connectivity index (χ2n) is 18.8. The highest BCUT2D eigenvalue weighted by molar-refractivity contribution is 5.90. The minimum Gasteiger partial charge on any atom is -0.492 e. The first-order valence-corrected chi connectivity index (χ1v) is 23.7. The Morgan fingerprint density at radius 3 is 2.03 bits per heavy atom. The summed E-state index contributed by atoms with van der Waals surface area (Å²) in [7, 11) is 6.65. The van der Waals surface area contributed by atoms with Gasteiger partial charge in [0.25, 0.3) is 0 Å². The number of rotatable bonds is 27. The molecule has 0 radical (unpaired) electrons. The number of carbonyl (C=O) groups excluding carboxylic acids is 5. The number of aromatic nitrogens is 1. The number of aliphatic hydroxyl groups excluding tert-OH is 1. The van der Waals surface area contributed by atoms with E-state index in [1.165, 1.54) is 12.1 Å². The number of aromatic hydroxyl groups is 2. The maximum Gasteiger partial charge on any atom is 0.333 e. The Hall–Kier alpha value is -4.71.